The van der Waals surface area contributed by atoms with Gasteiger partial charge < -0.3 is 9.64 Å². The highest BCUT2D eigenvalue weighted by Gasteiger charge is 2.32. The van der Waals surface area contributed by atoms with Crippen molar-refractivity contribution in [3.8, 4) is 0 Å². The van der Waals surface area contributed by atoms with Crippen LogP contribution in [0.15, 0.2) is 28.9 Å². The number of hydrogen-bond donors (Lipinski definition) is 0. The maximum Gasteiger partial charge on any atom is 0.410 e. The minimum Gasteiger partial charge on any atom is -0.444 e. The summed E-state index contributed by atoms with van der Waals surface area (Å²) in [5.74, 6) is 0. The second-order valence-corrected chi connectivity index (χ2v) is 8.13. The minimum atomic E-state index is -1.07. The van der Waals surface area contributed by atoms with Crippen molar-refractivity contribution in [1.82, 2.24) is 14.7 Å². The van der Waals surface area contributed by atoms with Crippen LogP contribution in [0.2, 0.25) is 0 Å². The standard InChI is InChI=1S/C18H23BrFN3O2/c1-18(2,3)25-17(24)22-10-8-13(20)15(9-11-22)23-14-7-5-4-6-12(14)16(19)21-23/h4-7,13,15H,8-11H2,1-3H3/t13-,15+/m1/s1. The van der Waals surface area contributed by atoms with E-state index in [4.69, 9.17) is 4.74 Å². The number of benzene rings is 1. The van der Waals surface area contributed by atoms with E-state index in [1.807, 2.05) is 45.0 Å². The summed E-state index contributed by atoms with van der Waals surface area (Å²) in [7, 11) is 0. The number of aromatic nitrogens is 2. The number of amides is 1. The van der Waals surface area contributed by atoms with Gasteiger partial charge in [0.1, 0.15) is 16.4 Å². The van der Waals surface area contributed by atoms with Gasteiger partial charge in [0.05, 0.1) is 11.6 Å². The summed E-state index contributed by atoms with van der Waals surface area (Å²) < 4.78 is 22.7. The fourth-order valence-electron chi connectivity index (χ4n) is 3.14. The molecule has 2 heterocycles. The number of para-hydroxylation sites is 1. The monoisotopic (exact) mass is 411 g/mol. The summed E-state index contributed by atoms with van der Waals surface area (Å²) in [5, 5.41) is 5.45. The van der Waals surface area contributed by atoms with Crippen LogP contribution in [0.5, 0.6) is 0 Å². The van der Waals surface area contributed by atoms with Crippen LogP contribution in [0.25, 0.3) is 10.9 Å². The first-order chi connectivity index (χ1) is 11.8. The lowest BCUT2D eigenvalue weighted by Crippen LogP contribution is -2.37. The van der Waals surface area contributed by atoms with E-state index in [2.05, 4.69) is 21.0 Å². The van der Waals surface area contributed by atoms with Crippen molar-refractivity contribution in [2.24, 2.45) is 0 Å². The summed E-state index contributed by atoms with van der Waals surface area (Å²) in [5.41, 5.74) is 0.341. The van der Waals surface area contributed by atoms with Gasteiger partial charge in [0.25, 0.3) is 0 Å². The van der Waals surface area contributed by atoms with Gasteiger partial charge >= 0.3 is 6.09 Å². The molecule has 1 saturated heterocycles. The molecule has 0 radical (unpaired) electrons. The lowest BCUT2D eigenvalue weighted by atomic mass is 10.1. The highest BCUT2D eigenvalue weighted by molar-refractivity contribution is 9.10. The lowest BCUT2D eigenvalue weighted by Gasteiger charge is -2.26. The van der Waals surface area contributed by atoms with Gasteiger partial charge in [-0.3, -0.25) is 4.68 Å². The molecule has 136 valence electrons. The molecule has 1 aromatic carbocycles. The zero-order valence-electron chi connectivity index (χ0n) is 14.7. The molecule has 0 unspecified atom stereocenters. The number of hydrogen-bond acceptors (Lipinski definition) is 3. The SMILES string of the molecule is CC(C)(C)OC(=O)N1CC[C@@H](F)[C@@H](n2nc(Br)c3ccccc32)CC1. The average Bonchev–Trinajstić information content (AvgIpc) is 2.73. The van der Waals surface area contributed by atoms with Crippen LogP contribution in [0.4, 0.5) is 9.18 Å². The lowest BCUT2D eigenvalue weighted by molar-refractivity contribution is 0.0254. The van der Waals surface area contributed by atoms with Gasteiger partial charge in [-0.15, -0.1) is 0 Å². The maximum atomic E-state index is 14.9. The molecule has 1 aliphatic heterocycles. The van der Waals surface area contributed by atoms with Crippen molar-refractivity contribution in [1.29, 1.82) is 0 Å². The molecular weight excluding hydrogens is 389 g/mol. The number of fused-ring (bicyclic) bond motifs is 1. The van der Waals surface area contributed by atoms with E-state index >= 15 is 0 Å². The third-order valence-corrected chi connectivity index (χ3v) is 4.91. The molecular formula is C18H23BrFN3O2. The van der Waals surface area contributed by atoms with Crippen molar-refractivity contribution < 1.29 is 13.9 Å². The third-order valence-electron chi connectivity index (χ3n) is 4.32. The highest BCUT2D eigenvalue weighted by Crippen LogP contribution is 2.32. The van der Waals surface area contributed by atoms with Gasteiger partial charge in [0.2, 0.25) is 0 Å². The van der Waals surface area contributed by atoms with E-state index in [9.17, 15) is 9.18 Å². The van der Waals surface area contributed by atoms with Crippen LogP contribution in [-0.2, 0) is 4.74 Å². The van der Waals surface area contributed by atoms with Crippen LogP contribution in [0.1, 0.15) is 39.7 Å². The molecule has 0 saturated carbocycles. The molecule has 3 rings (SSSR count). The van der Waals surface area contributed by atoms with Gasteiger partial charge in [0, 0.05) is 18.5 Å². The average molecular weight is 412 g/mol. The Hall–Kier alpha value is -1.63. The quantitative estimate of drug-likeness (QED) is 0.682. The van der Waals surface area contributed by atoms with Crippen LogP contribution in [0.3, 0.4) is 0 Å². The molecule has 25 heavy (non-hydrogen) atoms. The minimum absolute atomic E-state index is 0.274. The Morgan fingerprint density at radius 2 is 1.96 bits per heavy atom. The number of nitrogens with zero attached hydrogens (tertiary/aromatic N) is 3. The Balaban J connectivity index is 1.81. The first kappa shape index (κ1) is 18.2. The van der Waals surface area contributed by atoms with Crippen LogP contribution in [0, 0.1) is 0 Å². The van der Waals surface area contributed by atoms with E-state index in [1.54, 1.807) is 9.58 Å². The number of rotatable bonds is 1. The summed E-state index contributed by atoms with van der Waals surface area (Å²) in [6.45, 7) is 6.30. The Labute approximate surface area is 155 Å². The first-order valence-corrected chi connectivity index (χ1v) is 9.30. The number of carbonyl (C=O) groups is 1. The van der Waals surface area contributed by atoms with Gasteiger partial charge in [-0.25, -0.2) is 9.18 Å². The predicted molar refractivity (Wildman–Crippen MR) is 98.4 cm³/mol. The first-order valence-electron chi connectivity index (χ1n) is 8.51. The fraction of sp³-hybridized carbons (Fsp3) is 0.556. The van der Waals surface area contributed by atoms with E-state index in [0.717, 1.165) is 10.9 Å². The van der Waals surface area contributed by atoms with Crippen LogP contribution >= 0.6 is 15.9 Å². The van der Waals surface area contributed by atoms with Crippen molar-refractivity contribution in [2.45, 2.75) is 51.4 Å². The van der Waals surface area contributed by atoms with E-state index in [0.29, 0.717) is 24.1 Å². The molecule has 1 aliphatic rings. The zero-order valence-corrected chi connectivity index (χ0v) is 16.3. The molecule has 2 atom stereocenters. The number of carbonyl (C=O) groups excluding carboxylic acids is 1. The van der Waals surface area contributed by atoms with Crippen LogP contribution < -0.4 is 0 Å². The second-order valence-electron chi connectivity index (χ2n) is 7.38. The molecule has 1 aromatic heterocycles. The summed E-state index contributed by atoms with van der Waals surface area (Å²) in [6, 6.07) is 7.35. The smallest absolute Gasteiger partial charge is 0.410 e. The zero-order chi connectivity index (χ0) is 18.2. The Kier molecular flexibility index (Phi) is 5.04. The second kappa shape index (κ2) is 6.94. The normalized spacial score (nSPS) is 22.0. The van der Waals surface area contributed by atoms with Gasteiger partial charge in [-0.1, -0.05) is 18.2 Å². The largest absolute Gasteiger partial charge is 0.444 e. The molecule has 0 spiro atoms. The van der Waals surface area contributed by atoms with Crippen molar-refractivity contribution in [3.63, 3.8) is 0 Å². The molecule has 5 nitrogen and oxygen atoms in total. The van der Waals surface area contributed by atoms with E-state index in [1.165, 1.54) is 0 Å². The predicted octanol–water partition coefficient (Wildman–Crippen LogP) is 4.71. The van der Waals surface area contributed by atoms with Gasteiger partial charge in [0.15, 0.2) is 0 Å². The highest BCUT2D eigenvalue weighted by atomic mass is 79.9. The molecule has 1 fully saturated rings. The Morgan fingerprint density at radius 1 is 1.28 bits per heavy atom. The topological polar surface area (TPSA) is 47.4 Å². The number of likely N-dealkylation sites (tertiary alicyclic amines) is 1. The molecule has 0 aliphatic carbocycles. The molecule has 2 aromatic rings. The number of alkyl halides is 1. The summed E-state index contributed by atoms with van der Waals surface area (Å²) >= 11 is 3.45. The summed E-state index contributed by atoms with van der Waals surface area (Å²) in [4.78, 5) is 13.9. The van der Waals surface area contributed by atoms with Gasteiger partial charge in [-0.05, 0) is 55.6 Å². The van der Waals surface area contributed by atoms with E-state index < -0.39 is 17.8 Å². The van der Waals surface area contributed by atoms with Crippen LogP contribution in [-0.4, -0.2) is 45.6 Å². The number of halogens is 2. The summed E-state index contributed by atoms with van der Waals surface area (Å²) in [6.07, 6.45) is -0.677. The molecule has 0 N–H and O–H groups in total. The Bertz CT molecular complexity index is 771. The fourth-order valence-corrected chi connectivity index (χ4v) is 3.65. The molecule has 0 bridgehead atoms. The van der Waals surface area contributed by atoms with Crippen molar-refractivity contribution >= 4 is 32.9 Å². The molecule has 7 heteroatoms. The van der Waals surface area contributed by atoms with Gasteiger partial charge in [-0.2, -0.15) is 5.10 Å². The Morgan fingerprint density at radius 3 is 2.68 bits per heavy atom. The van der Waals surface area contributed by atoms with Crippen molar-refractivity contribution in [3.05, 3.63) is 28.9 Å². The molecule has 1 amide bonds. The maximum absolute atomic E-state index is 14.9. The van der Waals surface area contributed by atoms with Crippen molar-refractivity contribution in [2.75, 3.05) is 13.1 Å². The number of ether oxygens (including phenoxy) is 1. The van der Waals surface area contributed by atoms with E-state index in [-0.39, 0.29) is 12.5 Å². The third kappa shape index (κ3) is 3.97.